The molecule has 0 N–H and O–H groups in total. The fourth-order valence-electron chi connectivity index (χ4n) is 8.24. The second-order valence-corrected chi connectivity index (χ2v) is 13.0. The molecule has 3 heteroatoms. The van der Waals surface area contributed by atoms with Crippen molar-refractivity contribution >= 4 is 56.0 Å². The van der Waals surface area contributed by atoms with Gasteiger partial charge in [-0.1, -0.05) is 243 Å². The van der Waals surface area contributed by atoms with E-state index in [1.807, 2.05) is 0 Å². The Bertz CT molecular complexity index is 1680. The van der Waals surface area contributed by atoms with E-state index in [2.05, 4.69) is 243 Å². The van der Waals surface area contributed by atoms with Gasteiger partial charge in [0.15, 0.2) is 0 Å². The minimum atomic E-state index is -1.22. The third kappa shape index (κ3) is 7.04. The molecule has 0 fully saturated rings. The molecule has 51 heavy (non-hydrogen) atoms. The number of benzene rings is 8. The van der Waals surface area contributed by atoms with Crippen LogP contribution in [0.4, 0.5) is 0 Å². The van der Waals surface area contributed by atoms with E-state index in [1.54, 1.807) is 0 Å². The molecule has 0 aliphatic carbocycles. The molecule has 0 heterocycles. The van der Waals surface area contributed by atoms with Crippen molar-refractivity contribution in [1.29, 1.82) is 0 Å². The maximum absolute atomic E-state index is 2.26. The van der Waals surface area contributed by atoms with E-state index in [9.17, 15) is 0 Å². The van der Waals surface area contributed by atoms with Crippen LogP contribution in [-0.2, 0) is 16.5 Å². The summed E-state index contributed by atoms with van der Waals surface area (Å²) in [6.07, 6.45) is -2.43. The first-order chi connectivity index (χ1) is 24.8. The summed E-state index contributed by atoms with van der Waals surface area (Å²) in [6, 6.07) is 87.1. The topological polar surface area (TPSA) is 0 Å². The van der Waals surface area contributed by atoms with Crippen LogP contribution in [0.15, 0.2) is 243 Å². The molecule has 0 atom stereocenters. The molecule has 8 rings (SSSR count). The monoisotopic (exact) mass is 696 g/mol. The van der Waals surface area contributed by atoms with Crippen LogP contribution < -0.4 is 43.7 Å². The summed E-state index contributed by atoms with van der Waals surface area (Å²) in [7, 11) is 0. The smallest absolute Gasteiger partial charge is 0.195 e. The summed E-state index contributed by atoms with van der Waals surface area (Å²) in [6.45, 7) is 0. The summed E-state index contributed by atoms with van der Waals surface area (Å²) >= 11 is 0. The molecule has 0 saturated heterocycles. The van der Waals surface area contributed by atoms with E-state index in [1.165, 1.54) is 43.7 Å². The van der Waals surface area contributed by atoms with Gasteiger partial charge in [0.05, 0.1) is 0 Å². The fourth-order valence-corrected chi connectivity index (χ4v) is 8.24. The minimum Gasteiger partial charge on any atom is -0.195 e. The second-order valence-electron chi connectivity index (χ2n) is 13.0. The molecule has 0 radical (unpaired) electrons. The predicted octanol–water partition coefficient (Wildman–Crippen LogP) is 6.13. The summed E-state index contributed by atoms with van der Waals surface area (Å²) < 4.78 is 0. The minimum absolute atomic E-state index is 0. The van der Waals surface area contributed by atoms with Gasteiger partial charge in [0.1, 0.15) is 12.3 Å². The van der Waals surface area contributed by atoms with E-state index in [-0.39, 0.29) is 16.5 Å². The van der Waals surface area contributed by atoms with Gasteiger partial charge in [0.2, 0.25) is 0 Å². The zero-order valence-corrected chi connectivity index (χ0v) is 29.6. The predicted molar refractivity (Wildman–Crippen MR) is 220 cm³/mol. The molecule has 0 aromatic heterocycles. The molecule has 0 unspecified atom stereocenters. The quantitative estimate of drug-likeness (QED) is 0.168. The molecule has 0 nitrogen and oxygen atoms in total. The van der Waals surface area contributed by atoms with Crippen LogP contribution in [0.5, 0.6) is 0 Å². The zero-order valence-electron chi connectivity index (χ0n) is 28.6. The van der Waals surface area contributed by atoms with Crippen molar-refractivity contribution in [3.05, 3.63) is 243 Å². The van der Waals surface area contributed by atoms with E-state index in [0.29, 0.717) is 0 Å². The molecule has 0 aliphatic heterocycles. The van der Waals surface area contributed by atoms with Crippen LogP contribution in [0, 0.1) is 0 Å². The molecule has 0 saturated carbocycles. The largest absolute Gasteiger partial charge is 2.00 e. The standard InChI is InChI=1S/2C24H20B.Ni/c2*1-5-13-21(14-6-1)25(22-15-7-2-8-16-22,23-17-9-3-10-18-23)24-19-11-4-12-20-24;/h2*1-20H;/q2*-1;+2. The fraction of sp³-hybridized carbons (Fsp3) is 0. The summed E-state index contributed by atoms with van der Waals surface area (Å²) in [4.78, 5) is 0. The van der Waals surface area contributed by atoms with Gasteiger partial charge in [-0.3, -0.25) is 0 Å². The van der Waals surface area contributed by atoms with Gasteiger partial charge in [0.25, 0.3) is 0 Å². The van der Waals surface area contributed by atoms with Gasteiger partial charge in [-0.2, -0.15) is 43.7 Å². The van der Waals surface area contributed by atoms with Crippen LogP contribution in [0.2, 0.25) is 0 Å². The molecule has 0 aliphatic rings. The number of rotatable bonds is 8. The summed E-state index contributed by atoms with van der Waals surface area (Å²) in [5.41, 5.74) is 10.7. The maximum atomic E-state index is 2.26. The maximum Gasteiger partial charge on any atom is 2.00 e. The molecule has 0 amide bonds. The van der Waals surface area contributed by atoms with Crippen LogP contribution in [0.3, 0.4) is 0 Å². The normalized spacial score (nSPS) is 11.0. The van der Waals surface area contributed by atoms with Crippen LogP contribution in [0.25, 0.3) is 0 Å². The Kier molecular flexibility index (Phi) is 11.6. The first-order valence-corrected chi connectivity index (χ1v) is 17.6. The van der Waals surface area contributed by atoms with Gasteiger partial charge in [-0.05, 0) is 0 Å². The number of hydrogen-bond acceptors (Lipinski definition) is 0. The van der Waals surface area contributed by atoms with Crippen molar-refractivity contribution < 1.29 is 16.5 Å². The Labute approximate surface area is 313 Å². The van der Waals surface area contributed by atoms with Crippen LogP contribution in [-0.4, -0.2) is 12.3 Å². The van der Waals surface area contributed by atoms with Crippen LogP contribution >= 0.6 is 0 Å². The molecule has 0 spiro atoms. The molecular weight excluding hydrogens is 657 g/mol. The van der Waals surface area contributed by atoms with Crippen molar-refractivity contribution in [1.82, 2.24) is 0 Å². The Balaban J connectivity index is 0.000000172. The Morgan fingerprint density at radius 2 is 0.255 bits per heavy atom. The van der Waals surface area contributed by atoms with E-state index in [4.69, 9.17) is 0 Å². The molecule has 0 bridgehead atoms. The van der Waals surface area contributed by atoms with Crippen molar-refractivity contribution in [2.75, 3.05) is 0 Å². The van der Waals surface area contributed by atoms with Gasteiger partial charge < -0.3 is 0 Å². The Morgan fingerprint density at radius 3 is 0.353 bits per heavy atom. The molecular formula is C48H40B2Ni. The average molecular weight is 697 g/mol. The number of hydrogen-bond donors (Lipinski definition) is 0. The first-order valence-electron chi connectivity index (χ1n) is 17.6. The molecule has 8 aromatic rings. The summed E-state index contributed by atoms with van der Waals surface area (Å²) in [5, 5.41) is 0. The Morgan fingerprint density at radius 1 is 0.157 bits per heavy atom. The third-order valence-electron chi connectivity index (χ3n) is 10.4. The zero-order chi connectivity index (χ0) is 33.9. The van der Waals surface area contributed by atoms with Gasteiger partial charge >= 0.3 is 16.5 Å². The average Bonchev–Trinajstić information content (AvgIpc) is 3.22. The second kappa shape index (κ2) is 16.9. The van der Waals surface area contributed by atoms with Crippen molar-refractivity contribution in [2.24, 2.45) is 0 Å². The van der Waals surface area contributed by atoms with Gasteiger partial charge in [0, 0.05) is 0 Å². The van der Waals surface area contributed by atoms with Gasteiger partial charge in [-0.15, -0.1) is 0 Å². The first kappa shape index (κ1) is 35.2. The van der Waals surface area contributed by atoms with E-state index >= 15 is 0 Å². The third-order valence-corrected chi connectivity index (χ3v) is 10.4. The van der Waals surface area contributed by atoms with E-state index in [0.717, 1.165) is 0 Å². The SMILES string of the molecule is [Ni+2].c1ccc([B-](c2ccccc2)(c2ccccc2)c2ccccc2)cc1.c1ccc([B-](c2ccccc2)(c2ccccc2)c2ccccc2)cc1. The molecule has 8 aromatic carbocycles. The van der Waals surface area contributed by atoms with Crippen molar-refractivity contribution in [3.8, 4) is 0 Å². The van der Waals surface area contributed by atoms with Crippen molar-refractivity contribution in [3.63, 3.8) is 0 Å². The van der Waals surface area contributed by atoms with E-state index < -0.39 is 12.3 Å². The molecule has 248 valence electrons. The Hall–Kier alpha value is -5.62. The summed E-state index contributed by atoms with van der Waals surface area (Å²) in [5.74, 6) is 0. The van der Waals surface area contributed by atoms with Crippen LogP contribution in [0.1, 0.15) is 0 Å². The van der Waals surface area contributed by atoms with Crippen molar-refractivity contribution in [2.45, 2.75) is 0 Å². The van der Waals surface area contributed by atoms with Gasteiger partial charge in [-0.25, -0.2) is 0 Å².